The molecule has 0 bridgehead atoms. The summed E-state index contributed by atoms with van der Waals surface area (Å²) in [6.45, 7) is 8.56. The minimum Gasteiger partial charge on any atom is -0.354 e. The summed E-state index contributed by atoms with van der Waals surface area (Å²) in [4.78, 5) is 11.6. The van der Waals surface area contributed by atoms with Crippen LogP contribution in [0.1, 0.15) is 45.9 Å². The molecule has 0 spiro atoms. The van der Waals surface area contributed by atoms with Gasteiger partial charge in [0.2, 0.25) is 5.91 Å². The van der Waals surface area contributed by atoms with Crippen molar-refractivity contribution < 1.29 is 4.79 Å². The monoisotopic (exact) mass is 256 g/mol. The summed E-state index contributed by atoms with van der Waals surface area (Å²) < 4.78 is 2.46. The molecule has 0 fully saturated rings. The molecule has 1 aromatic heterocycles. The van der Waals surface area contributed by atoms with Crippen molar-refractivity contribution in [1.82, 2.24) is 20.1 Å². The lowest BCUT2D eigenvalue weighted by Crippen LogP contribution is -2.30. The van der Waals surface area contributed by atoms with E-state index in [-0.39, 0.29) is 17.9 Å². The zero-order chi connectivity index (χ0) is 13.0. The molecular formula is C11H20N4OS. The van der Waals surface area contributed by atoms with E-state index >= 15 is 0 Å². The third-order valence-corrected chi connectivity index (χ3v) is 2.63. The van der Waals surface area contributed by atoms with Gasteiger partial charge in [0.1, 0.15) is 5.82 Å². The van der Waals surface area contributed by atoms with Gasteiger partial charge in [0.25, 0.3) is 0 Å². The molecular weight excluding hydrogens is 236 g/mol. The zero-order valence-corrected chi connectivity index (χ0v) is 11.6. The molecule has 0 atom stereocenters. The molecule has 0 aliphatic rings. The van der Waals surface area contributed by atoms with Crippen molar-refractivity contribution in [3.8, 4) is 0 Å². The van der Waals surface area contributed by atoms with Gasteiger partial charge >= 0.3 is 0 Å². The van der Waals surface area contributed by atoms with E-state index in [4.69, 9.17) is 12.2 Å². The highest BCUT2D eigenvalue weighted by atomic mass is 32.1. The fraction of sp³-hybridized carbons (Fsp3) is 0.727. The van der Waals surface area contributed by atoms with Crippen LogP contribution < -0.4 is 5.32 Å². The molecule has 1 aromatic rings. The van der Waals surface area contributed by atoms with Crippen molar-refractivity contribution in [2.45, 2.75) is 52.6 Å². The first kappa shape index (κ1) is 13.9. The molecule has 0 aliphatic heterocycles. The van der Waals surface area contributed by atoms with Crippen molar-refractivity contribution in [2.24, 2.45) is 0 Å². The van der Waals surface area contributed by atoms with Crippen molar-refractivity contribution in [3.05, 3.63) is 10.6 Å². The maximum atomic E-state index is 11.6. The van der Waals surface area contributed by atoms with Crippen molar-refractivity contribution >= 4 is 18.1 Å². The molecule has 2 N–H and O–H groups in total. The van der Waals surface area contributed by atoms with Gasteiger partial charge in [-0.25, -0.2) is 0 Å². The Labute approximate surface area is 107 Å². The average molecular weight is 256 g/mol. The number of amides is 1. The standard InChI is InChI=1S/C11H20N4OS/c1-7(2)10-13-14-11(17)15(10)6-5-9(16)12-8(3)4/h7-8H,5-6H2,1-4H3,(H,12,16)(H,14,17). The normalized spacial score (nSPS) is 11.2. The molecule has 0 aliphatic carbocycles. The van der Waals surface area contributed by atoms with Crippen LogP contribution in [0, 0.1) is 4.77 Å². The Morgan fingerprint density at radius 2 is 2.12 bits per heavy atom. The number of carbonyl (C=O) groups excluding carboxylic acids is 1. The highest BCUT2D eigenvalue weighted by molar-refractivity contribution is 7.71. The lowest BCUT2D eigenvalue weighted by atomic mass is 10.2. The average Bonchev–Trinajstić information content (AvgIpc) is 2.55. The third kappa shape index (κ3) is 3.96. The molecule has 1 heterocycles. The van der Waals surface area contributed by atoms with Crippen LogP contribution in [0.15, 0.2) is 0 Å². The summed E-state index contributed by atoms with van der Waals surface area (Å²) in [7, 11) is 0. The maximum absolute atomic E-state index is 11.6. The van der Waals surface area contributed by atoms with E-state index in [9.17, 15) is 4.79 Å². The Morgan fingerprint density at radius 1 is 1.47 bits per heavy atom. The van der Waals surface area contributed by atoms with Crippen LogP contribution in [0.3, 0.4) is 0 Å². The Bertz CT molecular complexity index is 433. The number of aromatic amines is 1. The number of nitrogens with zero attached hydrogens (tertiary/aromatic N) is 2. The number of hydrogen-bond acceptors (Lipinski definition) is 3. The highest BCUT2D eigenvalue weighted by Crippen LogP contribution is 2.11. The molecule has 0 unspecified atom stereocenters. The molecule has 0 aromatic carbocycles. The van der Waals surface area contributed by atoms with Gasteiger partial charge < -0.3 is 9.88 Å². The van der Waals surface area contributed by atoms with Gasteiger partial charge in [-0.2, -0.15) is 5.10 Å². The minimum absolute atomic E-state index is 0.0396. The van der Waals surface area contributed by atoms with Gasteiger partial charge in [0.05, 0.1) is 0 Å². The van der Waals surface area contributed by atoms with Crippen LogP contribution in [-0.2, 0) is 11.3 Å². The first-order valence-corrected chi connectivity index (χ1v) is 6.27. The Morgan fingerprint density at radius 3 is 2.65 bits per heavy atom. The van der Waals surface area contributed by atoms with Crippen LogP contribution in [0.2, 0.25) is 0 Å². The van der Waals surface area contributed by atoms with Crippen molar-refractivity contribution in [3.63, 3.8) is 0 Å². The van der Waals surface area contributed by atoms with Crippen molar-refractivity contribution in [2.75, 3.05) is 0 Å². The van der Waals surface area contributed by atoms with E-state index in [0.29, 0.717) is 17.7 Å². The smallest absolute Gasteiger partial charge is 0.221 e. The van der Waals surface area contributed by atoms with Gasteiger partial charge in [-0.3, -0.25) is 9.89 Å². The van der Waals surface area contributed by atoms with E-state index in [1.165, 1.54) is 0 Å². The summed E-state index contributed by atoms with van der Waals surface area (Å²) >= 11 is 5.15. The minimum atomic E-state index is 0.0396. The number of carbonyl (C=O) groups is 1. The number of H-pyrrole nitrogens is 1. The summed E-state index contributed by atoms with van der Waals surface area (Å²) in [5.41, 5.74) is 0. The SMILES string of the molecule is CC(C)NC(=O)CCn1c(C(C)C)n[nH]c1=S. The van der Waals surface area contributed by atoms with Gasteiger partial charge in [-0.1, -0.05) is 13.8 Å². The fourth-order valence-corrected chi connectivity index (χ4v) is 1.82. The van der Waals surface area contributed by atoms with Crippen LogP contribution in [0.4, 0.5) is 0 Å². The third-order valence-electron chi connectivity index (χ3n) is 2.32. The number of nitrogens with one attached hydrogen (secondary N) is 2. The second-order valence-corrected chi connectivity index (χ2v) is 5.05. The Kier molecular flexibility index (Phi) is 4.86. The van der Waals surface area contributed by atoms with Crippen molar-refractivity contribution in [1.29, 1.82) is 0 Å². The van der Waals surface area contributed by atoms with Crippen LogP contribution >= 0.6 is 12.2 Å². The fourth-order valence-electron chi connectivity index (χ4n) is 1.59. The van der Waals surface area contributed by atoms with Gasteiger partial charge in [-0.15, -0.1) is 0 Å². The summed E-state index contributed by atoms with van der Waals surface area (Å²) in [5.74, 6) is 1.22. The first-order chi connectivity index (χ1) is 7.91. The predicted octanol–water partition coefficient (Wildman–Crippen LogP) is 1.98. The molecule has 0 saturated heterocycles. The molecule has 0 radical (unpaired) electrons. The summed E-state index contributed by atoms with van der Waals surface area (Å²) in [6.07, 6.45) is 0.422. The van der Waals surface area contributed by atoms with Gasteiger partial charge in [0, 0.05) is 24.9 Å². The second kappa shape index (κ2) is 5.95. The predicted molar refractivity (Wildman–Crippen MR) is 69.4 cm³/mol. The highest BCUT2D eigenvalue weighted by Gasteiger charge is 2.11. The molecule has 96 valence electrons. The Balaban J connectivity index is 2.66. The van der Waals surface area contributed by atoms with Gasteiger partial charge in [0.15, 0.2) is 4.77 Å². The van der Waals surface area contributed by atoms with Crippen LogP contribution in [-0.4, -0.2) is 26.7 Å². The zero-order valence-electron chi connectivity index (χ0n) is 10.8. The summed E-state index contributed by atoms with van der Waals surface area (Å²) in [5, 5.41) is 9.79. The number of hydrogen-bond donors (Lipinski definition) is 2. The lowest BCUT2D eigenvalue weighted by molar-refractivity contribution is -0.121. The molecule has 1 rings (SSSR count). The quantitative estimate of drug-likeness (QED) is 0.792. The topological polar surface area (TPSA) is 62.7 Å². The van der Waals surface area contributed by atoms with E-state index in [0.717, 1.165) is 5.82 Å². The van der Waals surface area contributed by atoms with Gasteiger partial charge in [-0.05, 0) is 26.1 Å². The molecule has 17 heavy (non-hydrogen) atoms. The van der Waals surface area contributed by atoms with E-state index in [2.05, 4.69) is 29.4 Å². The second-order valence-electron chi connectivity index (χ2n) is 4.67. The molecule has 1 amide bonds. The first-order valence-electron chi connectivity index (χ1n) is 5.86. The largest absolute Gasteiger partial charge is 0.354 e. The van der Waals surface area contributed by atoms with Crippen LogP contribution in [0.25, 0.3) is 0 Å². The lowest BCUT2D eigenvalue weighted by Gasteiger charge is -2.10. The number of aromatic nitrogens is 3. The molecule has 6 heteroatoms. The van der Waals surface area contributed by atoms with E-state index < -0.39 is 0 Å². The maximum Gasteiger partial charge on any atom is 0.221 e. The van der Waals surface area contributed by atoms with E-state index in [1.807, 2.05) is 18.4 Å². The molecule has 5 nitrogen and oxygen atoms in total. The summed E-state index contributed by atoms with van der Waals surface area (Å²) in [6, 6.07) is 0.171. The Hall–Kier alpha value is -1.17. The molecule has 0 saturated carbocycles. The van der Waals surface area contributed by atoms with Crippen LogP contribution in [0.5, 0.6) is 0 Å². The number of rotatable bonds is 5. The van der Waals surface area contributed by atoms with E-state index in [1.54, 1.807) is 0 Å².